The lowest BCUT2D eigenvalue weighted by Gasteiger charge is -2.11. The van der Waals surface area contributed by atoms with Crippen LogP contribution in [0.15, 0.2) is 10.9 Å². The van der Waals surface area contributed by atoms with Gasteiger partial charge < -0.3 is 15.4 Å². The Kier molecular flexibility index (Phi) is 3.18. The van der Waals surface area contributed by atoms with Gasteiger partial charge in [0.1, 0.15) is 5.41 Å². The van der Waals surface area contributed by atoms with Crippen molar-refractivity contribution in [1.29, 1.82) is 0 Å². The molecule has 2 rings (SSSR count). The quantitative estimate of drug-likeness (QED) is 0.688. The molecule has 1 amide bonds. The standard InChI is InChI=1S/C13H16N2O4/c1-7-5-8(2)15-10(16)9(7)6-14-11(17)13(3-4-13)12(18)19/h5H,3-4,6H2,1-2H3,(H,14,17)(H,15,16)(H,18,19). The zero-order chi connectivity index (χ0) is 14.2. The van der Waals surface area contributed by atoms with Gasteiger partial charge in [-0.15, -0.1) is 0 Å². The smallest absolute Gasteiger partial charge is 0.319 e. The number of rotatable bonds is 4. The number of H-pyrrole nitrogens is 1. The summed E-state index contributed by atoms with van der Waals surface area (Å²) in [6.07, 6.45) is 0.717. The first-order valence-electron chi connectivity index (χ1n) is 6.08. The number of pyridine rings is 1. The molecule has 6 heteroatoms. The fourth-order valence-corrected chi connectivity index (χ4v) is 2.10. The van der Waals surface area contributed by atoms with E-state index >= 15 is 0 Å². The Morgan fingerprint density at radius 2 is 2.05 bits per heavy atom. The molecule has 0 saturated heterocycles. The van der Waals surface area contributed by atoms with Gasteiger partial charge in [0, 0.05) is 17.8 Å². The second-order valence-corrected chi connectivity index (χ2v) is 5.01. The Labute approximate surface area is 109 Å². The van der Waals surface area contributed by atoms with Crippen LogP contribution in [0.3, 0.4) is 0 Å². The number of aromatic nitrogens is 1. The zero-order valence-corrected chi connectivity index (χ0v) is 10.9. The second-order valence-electron chi connectivity index (χ2n) is 5.01. The molecule has 0 radical (unpaired) electrons. The van der Waals surface area contributed by atoms with Gasteiger partial charge in [0.25, 0.3) is 5.56 Å². The average molecular weight is 264 g/mol. The average Bonchev–Trinajstić information content (AvgIpc) is 3.08. The van der Waals surface area contributed by atoms with Gasteiger partial charge in [-0.25, -0.2) is 0 Å². The molecule has 0 spiro atoms. The van der Waals surface area contributed by atoms with E-state index in [0.29, 0.717) is 18.4 Å². The third-order valence-electron chi connectivity index (χ3n) is 3.51. The van der Waals surface area contributed by atoms with Crippen molar-refractivity contribution in [3.63, 3.8) is 0 Å². The number of carboxylic acid groups (broad SMARTS) is 1. The maximum atomic E-state index is 11.8. The van der Waals surface area contributed by atoms with Crippen molar-refractivity contribution < 1.29 is 14.7 Å². The Bertz CT molecular complexity index is 599. The van der Waals surface area contributed by atoms with Crippen LogP contribution in [0.4, 0.5) is 0 Å². The Balaban J connectivity index is 2.10. The summed E-state index contributed by atoms with van der Waals surface area (Å²) in [5, 5.41) is 11.5. The molecule has 3 N–H and O–H groups in total. The van der Waals surface area contributed by atoms with E-state index in [4.69, 9.17) is 5.11 Å². The second kappa shape index (κ2) is 4.53. The van der Waals surface area contributed by atoms with Crippen molar-refractivity contribution in [3.8, 4) is 0 Å². The first kappa shape index (κ1) is 13.3. The molecule has 1 fully saturated rings. The largest absolute Gasteiger partial charge is 0.480 e. The summed E-state index contributed by atoms with van der Waals surface area (Å²) < 4.78 is 0. The van der Waals surface area contributed by atoms with Crippen LogP contribution in [0.5, 0.6) is 0 Å². The normalized spacial score (nSPS) is 15.9. The number of aryl methyl sites for hydroxylation is 2. The Morgan fingerprint density at radius 3 is 2.53 bits per heavy atom. The Morgan fingerprint density at radius 1 is 1.42 bits per heavy atom. The van der Waals surface area contributed by atoms with Crippen LogP contribution in [0.25, 0.3) is 0 Å². The summed E-state index contributed by atoms with van der Waals surface area (Å²) in [6, 6.07) is 1.81. The molecule has 19 heavy (non-hydrogen) atoms. The fourth-order valence-electron chi connectivity index (χ4n) is 2.10. The van der Waals surface area contributed by atoms with Crippen molar-refractivity contribution in [2.75, 3.05) is 0 Å². The van der Waals surface area contributed by atoms with E-state index in [0.717, 1.165) is 11.3 Å². The van der Waals surface area contributed by atoms with Gasteiger partial charge in [0.05, 0.1) is 0 Å². The van der Waals surface area contributed by atoms with Crippen LogP contribution >= 0.6 is 0 Å². The molecular formula is C13H16N2O4. The highest BCUT2D eigenvalue weighted by Crippen LogP contribution is 2.46. The maximum absolute atomic E-state index is 11.8. The van der Waals surface area contributed by atoms with Gasteiger partial charge in [-0.3, -0.25) is 14.4 Å². The molecule has 1 saturated carbocycles. The summed E-state index contributed by atoms with van der Waals surface area (Å²) in [7, 11) is 0. The fraction of sp³-hybridized carbons (Fsp3) is 0.462. The highest BCUT2D eigenvalue weighted by molar-refractivity contribution is 6.04. The number of carboxylic acids is 1. The van der Waals surface area contributed by atoms with Crippen LogP contribution in [0.1, 0.15) is 29.7 Å². The Hall–Kier alpha value is -2.11. The van der Waals surface area contributed by atoms with Gasteiger partial charge in [-0.2, -0.15) is 0 Å². The van der Waals surface area contributed by atoms with Crippen LogP contribution in [0.2, 0.25) is 0 Å². The number of carbonyl (C=O) groups is 2. The van der Waals surface area contributed by atoms with Crippen molar-refractivity contribution in [2.24, 2.45) is 5.41 Å². The molecule has 0 bridgehead atoms. The topological polar surface area (TPSA) is 99.3 Å². The first-order chi connectivity index (χ1) is 8.86. The van der Waals surface area contributed by atoms with Crippen LogP contribution in [-0.4, -0.2) is 22.0 Å². The number of aliphatic carboxylic acids is 1. The van der Waals surface area contributed by atoms with Gasteiger partial charge in [0.15, 0.2) is 0 Å². The summed E-state index contributed by atoms with van der Waals surface area (Å²) in [5.41, 5.74) is 0.465. The number of amides is 1. The zero-order valence-electron chi connectivity index (χ0n) is 10.9. The molecule has 0 unspecified atom stereocenters. The lowest BCUT2D eigenvalue weighted by Crippen LogP contribution is -2.37. The van der Waals surface area contributed by atoms with Crippen LogP contribution in [0, 0.1) is 19.3 Å². The minimum absolute atomic E-state index is 0.0509. The van der Waals surface area contributed by atoms with Crippen molar-refractivity contribution in [2.45, 2.75) is 33.2 Å². The molecule has 1 aromatic heterocycles. The van der Waals surface area contributed by atoms with Crippen molar-refractivity contribution >= 4 is 11.9 Å². The van der Waals surface area contributed by atoms with Gasteiger partial charge in [-0.1, -0.05) is 0 Å². The lowest BCUT2D eigenvalue weighted by molar-refractivity contribution is -0.149. The number of nitrogens with one attached hydrogen (secondary N) is 2. The third-order valence-corrected chi connectivity index (χ3v) is 3.51. The van der Waals surface area contributed by atoms with E-state index < -0.39 is 17.3 Å². The van der Waals surface area contributed by atoms with E-state index in [-0.39, 0.29) is 12.1 Å². The predicted molar refractivity (Wildman–Crippen MR) is 67.7 cm³/mol. The monoisotopic (exact) mass is 264 g/mol. The molecule has 1 aromatic rings. The summed E-state index contributed by atoms with van der Waals surface area (Å²) in [5.74, 6) is -1.61. The molecule has 102 valence electrons. The van der Waals surface area contributed by atoms with Crippen molar-refractivity contribution in [1.82, 2.24) is 10.3 Å². The van der Waals surface area contributed by atoms with Crippen LogP contribution in [-0.2, 0) is 16.1 Å². The third kappa shape index (κ3) is 2.38. The predicted octanol–water partition coefficient (Wildman–Crippen LogP) is 0.473. The van der Waals surface area contributed by atoms with E-state index in [1.165, 1.54) is 0 Å². The number of hydrogen-bond acceptors (Lipinski definition) is 3. The molecule has 1 aliphatic carbocycles. The van der Waals surface area contributed by atoms with E-state index in [2.05, 4.69) is 10.3 Å². The first-order valence-corrected chi connectivity index (χ1v) is 6.08. The molecule has 0 atom stereocenters. The van der Waals surface area contributed by atoms with E-state index in [1.54, 1.807) is 13.8 Å². The highest BCUT2D eigenvalue weighted by Gasteiger charge is 2.56. The minimum atomic E-state index is -1.27. The highest BCUT2D eigenvalue weighted by atomic mass is 16.4. The molecular weight excluding hydrogens is 248 g/mol. The van der Waals surface area contributed by atoms with Gasteiger partial charge >= 0.3 is 5.97 Å². The number of carbonyl (C=O) groups excluding carboxylic acids is 1. The molecule has 0 aromatic carbocycles. The number of aromatic amines is 1. The lowest BCUT2D eigenvalue weighted by atomic mass is 10.1. The maximum Gasteiger partial charge on any atom is 0.319 e. The molecule has 0 aliphatic heterocycles. The van der Waals surface area contributed by atoms with Crippen LogP contribution < -0.4 is 10.9 Å². The summed E-state index contributed by atoms with van der Waals surface area (Å²) in [4.78, 5) is 37.2. The SMILES string of the molecule is Cc1cc(C)c(CNC(=O)C2(C(=O)O)CC2)c(=O)[nH]1. The van der Waals surface area contributed by atoms with Crippen molar-refractivity contribution in [3.05, 3.63) is 33.2 Å². The van der Waals surface area contributed by atoms with Gasteiger partial charge in [-0.05, 0) is 38.3 Å². The summed E-state index contributed by atoms with van der Waals surface area (Å²) >= 11 is 0. The molecule has 1 heterocycles. The number of hydrogen-bond donors (Lipinski definition) is 3. The summed E-state index contributed by atoms with van der Waals surface area (Å²) in [6.45, 7) is 3.61. The van der Waals surface area contributed by atoms with Gasteiger partial charge in [0.2, 0.25) is 5.91 Å². The van der Waals surface area contributed by atoms with E-state index in [9.17, 15) is 14.4 Å². The molecule has 6 nitrogen and oxygen atoms in total. The molecule has 1 aliphatic rings. The van der Waals surface area contributed by atoms with E-state index in [1.807, 2.05) is 6.07 Å². The minimum Gasteiger partial charge on any atom is -0.480 e.